The number of aryl methyl sites for hydroxylation is 1. The van der Waals surface area contributed by atoms with Crippen LogP contribution in [-0.2, 0) is 0 Å². The highest BCUT2D eigenvalue weighted by Crippen LogP contribution is 2.25. The minimum Gasteiger partial charge on any atom is -0.494 e. The first kappa shape index (κ1) is 18.6. The summed E-state index contributed by atoms with van der Waals surface area (Å²) in [7, 11) is 0. The zero-order valence-corrected chi connectivity index (χ0v) is 15.5. The Labute approximate surface area is 151 Å². The molecule has 0 fully saturated rings. The van der Waals surface area contributed by atoms with Crippen LogP contribution in [0.1, 0.15) is 31.2 Å². The molecule has 0 atom stereocenters. The number of nitrogens with zero attached hydrogens (tertiary/aromatic N) is 2. The van der Waals surface area contributed by atoms with E-state index in [4.69, 9.17) is 9.84 Å². The van der Waals surface area contributed by atoms with Gasteiger partial charge in [0.15, 0.2) is 0 Å². The molecule has 0 aromatic heterocycles. The van der Waals surface area contributed by atoms with E-state index in [1.54, 1.807) is 0 Å². The summed E-state index contributed by atoms with van der Waals surface area (Å²) in [6.07, 6.45) is 4.01. The maximum Gasteiger partial charge on any atom is 0.119 e. The monoisotopic (exact) mass is 390 g/mol. The predicted octanol–water partition coefficient (Wildman–Crippen LogP) is 6.10. The van der Waals surface area contributed by atoms with Gasteiger partial charge in [-0.2, -0.15) is 10.2 Å². The van der Waals surface area contributed by atoms with Crippen LogP contribution in [0.5, 0.6) is 5.75 Å². The van der Waals surface area contributed by atoms with Gasteiger partial charge in [-0.25, -0.2) is 0 Å². The lowest BCUT2D eigenvalue weighted by Crippen LogP contribution is -1.97. The average Bonchev–Trinajstić information content (AvgIpc) is 2.58. The number of ether oxygens (including phenoxy) is 1. The molecule has 24 heavy (non-hydrogen) atoms. The number of rotatable bonds is 9. The zero-order chi connectivity index (χ0) is 17.2. The highest BCUT2D eigenvalue weighted by molar-refractivity contribution is 9.10. The van der Waals surface area contributed by atoms with Crippen LogP contribution in [0.2, 0.25) is 0 Å². The molecule has 2 aromatic carbocycles. The van der Waals surface area contributed by atoms with Gasteiger partial charge in [0.25, 0.3) is 0 Å². The SMILES string of the molecule is Cc1cc(Br)ccc1N=Nc1ccc(OCCCCCCO)cc1. The second kappa shape index (κ2) is 10.2. The summed E-state index contributed by atoms with van der Waals surface area (Å²) in [5.41, 5.74) is 2.74. The molecular formula is C19H23BrN2O2. The molecule has 0 aliphatic heterocycles. The molecular weight excluding hydrogens is 368 g/mol. The van der Waals surface area contributed by atoms with Crippen molar-refractivity contribution in [3.63, 3.8) is 0 Å². The number of aliphatic hydroxyl groups is 1. The highest BCUT2D eigenvalue weighted by atomic mass is 79.9. The number of azo groups is 1. The van der Waals surface area contributed by atoms with E-state index in [0.29, 0.717) is 6.61 Å². The minimum absolute atomic E-state index is 0.274. The molecule has 0 amide bonds. The van der Waals surface area contributed by atoms with E-state index in [0.717, 1.165) is 52.8 Å². The summed E-state index contributed by atoms with van der Waals surface area (Å²) in [6.45, 7) is 2.98. The number of aliphatic hydroxyl groups excluding tert-OH is 1. The zero-order valence-electron chi connectivity index (χ0n) is 13.9. The molecule has 0 aliphatic carbocycles. The number of halogens is 1. The van der Waals surface area contributed by atoms with Crippen molar-refractivity contribution in [2.45, 2.75) is 32.6 Å². The molecule has 0 heterocycles. The van der Waals surface area contributed by atoms with Crippen molar-refractivity contribution in [2.24, 2.45) is 10.2 Å². The number of benzene rings is 2. The van der Waals surface area contributed by atoms with Gasteiger partial charge in [-0.3, -0.25) is 0 Å². The van der Waals surface area contributed by atoms with Crippen LogP contribution in [0.25, 0.3) is 0 Å². The fraction of sp³-hybridized carbons (Fsp3) is 0.368. The van der Waals surface area contributed by atoms with Crippen LogP contribution in [0, 0.1) is 6.92 Å². The van der Waals surface area contributed by atoms with Gasteiger partial charge < -0.3 is 9.84 Å². The van der Waals surface area contributed by atoms with E-state index in [1.165, 1.54) is 0 Å². The van der Waals surface area contributed by atoms with Gasteiger partial charge in [0.05, 0.1) is 18.0 Å². The molecule has 0 saturated heterocycles. The Bertz CT molecular complexity index is 657. The van der Waals surface area contributed by atoms with E-state index in [9.17, 15) is 0 Å². The van der Waals surface area contributed by atoms with Crippen LogP contribution in [0.3, 0.4) is 0 Å². The lowest BCUT2D eigenvalue weighted by molar-refractivity contribution is 0.273. The normalized spacial score (nSPS) is 11.1. The largest absolute Gasteiger partial charge is 0.494 e. The van der Waals surface area contributed by atoms with Gasteiger partial charge in [-0.15, -0.1) is 0 Å². The van der Waals surface area contributed by atoms with Crippen molar-refractivity contribution in [3.8, 4) is 5.75 Å². The van der Waals surface area contributed by atoms with Crippen molar-refractivity contribution in [2.75, 3.05) is 13.2 Å². The van der Waals surface area contributed by atoms with Crippen LogP contribution in [-0.4, -0.2) is 18.3 Å². The summed E-state index contributed by atoms with van der Waals surface area (Å²) in [5.74, 6) is 0.843. The van der Waals surface area contributed by atoms with Gasteiger partial charge >= 0.3 is 0 Å². The lowest BCUT2D eigenvalue weighted by atomic mass is 10.2. The molecule has 128 valence electrons. The van der Waals surface area contributed by atoms with Gasteiger partial charge in [-0.05, 0) is 74.2 Å². The summed E-state index contributed by atoms with van der Waals surface area (Å²) in [5, 5.41) is 17.3. The quantitative estimate of drug-likeness (QED) is 0.415. The van der Waals surface area contributed by atoms with Gasteiger partial charge in [-0.1, -0.05) is 22.4 Å². The lowest BCUT2D eigenvalue weighted by Gasteiger charge is -2.06. The predicted molar refractivity (Wildman–Crippen MR) is 101 cm³/mol. The van der Waals surface area contributed by atoms with Crippen molar-refractivity contribution >= 4 is 27.3 Å². The van der Waals surface area contributed by atoms with Crippen LogP contribution in [0.15, 0.2) is 57.2 Å². The summed E-state index contributed by atoms with van der Waals surface area (Å²) >= 11 is 3.44. The topological polar surface area (TPSA) is 54.2 Å². The van der Waals surface area contributed by atoms with Crippen molar-refractivity contribution in [3.05, 3.63) is 52.5 Å². The molecule has 0 unspecified atom stereocenters. The molecule has 2 rings (SSSR count). The molecule has 1 N–H and O–H groups in total. The molecule has 0 spiro atoms. The van der Waals surface area contributed by atoms with Crippen molar-refractivity contribution in [1.29, 1.82) is 0 Å². The standard InChI is InChI=1S/C19H23BrN2O2/c1-15-14-16(20)6-11-19(15)22-21-17-7-9-18(10-8-17)24-13-5-3-2-4-12-23/h6-11,14,23H,2-5,12-13H2,1H3. The molecule has 0 bridgehead atoms. The summed E-state index contributed by atoms with van der Waals surface area (Å²) in [4.78, 5) is 0. The highest BCUT2D eigenvalue weighted by Gasteiger charge is 1.98. The first-order chi connectivity index (χ1) is 11.7. The third-order valence-corrected chi connectivity index (χ3v) is 4.08. The Balaban J connectivity index is 1.82. The third kappa shape index (κ3) is 6.42. The Hall–Kier alpha value is -1.72. The van der Waals surface area contributed by atoms with E-state index < -0.39 is 0 Å². The maximum absolute atomic E-state index is 8.72. The Morgan fingerprint density at radius 1 is 0.958 bits per heavy atom. The van der Waals surface area contributed by atoms with Crippen molar-refractivity contribution < 1.29 is 9.84 Å². The number of hydrogen-bond donors (Lipinski definition) is 1. The molecule has 0 radical (unpaired) electrons. The first-order valence-electron chi connectivity index (χ1n) is 8.20. The second-order valence-corrected chi connectivity index (χ2v) is 6.53. The Kier molecular flexibility index (Phi) is 7.92. The van der Waals surface area contributed by atoms with Crippen LogP contribution >= 0.6 is 15.9 Å². The smallest absolute Gasteiger partial charge is 0.119 e. The van der Waals surface area contributed by atoms with E-state index in [2.05, 4.69) is 26.2 Å². The summed E-state index contributed by atoms with van der Waals surface area (Å²) < 4.78 is 6.73. The van der Waals surface area contributed by atoms with Crippen LogP contribution in [0.4, 0.5) is 11.4 Å². The fourth-order valence-electron chi connectivity index (χ4n) is 2.21. The van der Waals surface area contributed by atoms with Crippen LogP contribution < -0.4 is 4.74 Å². The van der Waals surface area contributed by atoms with E-state index in [1.807, 2.05) is 49.4 Å². The minimum atomic E-state index is 0.274. The first-order valence-corrected chi connectivity index (χ1v) is 9.00. The molecule has 0 aliphatic rings. The molecule has 4 nitrogen and oxygen atoms in total. The second-order valence-electron chi connectivity index (χ2n) is 5.61. The van der Waals surface area contributed by atoms with Gasteiger partial charge in [0.1, 0.15) is 5.75 Å². The van der Waals surface area contributed by atoms with Gasteiger partial charge in [0, 0.05) is 11.1 Å². The maximum atomic E-state index is 8.72. The summed E-state index contributed by atoms with van der Waals surface area (Å²) in [6, 6.07) is 13.5. The number of unbranched alkanes of at least 4 members (excludes halogenated alkanes) is 3. The Morgan fingerprint density at radius 2 is 1.71 bits per heavy atom. The van der Waals surface area contributed by atoms with Gasteiger partial charge in [0.2, 0.25) is 0 Å². The van der Waals surface area contributed by atoms with E-state index in [-0.39, 0.29) is 6.61 Å². The Morgan fingerprint density at radius 3 is 2.42 bits per heavy atom. The fourth-order valence-corrected chi connectivity index (χ4v) is 2.68. The molecule has 0 saturated carbocycles. The van der Waals surface area contributed by atoms with Crippen molar-refractivity contribution in [1.82, 2.24) is 0 Å². The average molecular weight is 391 g/mol. The molecule has 2 aromatic rings. The van der Waals surface area contributed by atoms with E-state index >= 15 is 0 Å². The third-order valence-electron chi connectivity index (χ3n) is 3.59. The molecule has 5 heteroatoms. The number of hydrogen-bond acceptors (Lipinski definition) is 4.